The SMILES string of the molecule is CCCc1nc(Cl)c2c(C3CC3)csc2n1. The molecule has 0 aromatic carbocycles. The predicted molar refractivity (Wildman–Crippen MR) is 68.4 cm³/mol. The first-order valence-electron chi connectivity index (χ1n) is 5.73. The highest BCUT2D eigenvalue weighted by Crippen LogP contribution is 2.46. The van der Waals surface area contributed by atoms with Crippen molar-refractivity contribution in [2.75, 3.05) is 0 Å². The molecule has 0 bridgehead atoms. The number of fused-ring (bicyclic) bond motifs is 1. The number of aryl methyl sites for hydroxylation is 1. The summed E-state index contributed by atoms with van der Waals surface area (Å²) < 4.78 is 0. The van der Waals surface area contributed by atoms with Crippen molar-refractivity contribution in [3.05, 3.63) is 21.9 Å². The molecule has 1 fully saturated rings. The van der Waals surface area contributed by atoms with Gasteiger partial charge >= 0.3 is 0 Å². The number of thiophene rings is 1. The Hall–Kier alpha value is -0.670. The largest absolute Gasteiger partial charge is 0.222 e. The maximum atomic E-state index is 6.27. The summed E-state index contributed by atoms with van der Waals surface area (Å²) in [5.41, 5.74) is 1.37. The maximum absolute atomic E-state index is 6.27. The van der Waals surface area contributed by atoms with Gasteiger partial charge in [-0.05, 0) is 36.1 Å². The molecule has 0 saturated heterocycles. The summed E-state index contributed by atoms with van der Waals surface area (Å²) in [5.74, 6) is 1.59. The summed E-state index contributed by atoms with van der Waals surface area (Å²) in [6, 6.07) is 0. The van der Waals surface area contributed by atoms with Crippen molar-refractivity contribution in [1.29, 1.82) is 0 Å². The Kier molecular flexibility index (Phi) is 2.60. The van der Waals surface area contributed by atoms with E-state index < -0.39 is 0 Å². The van der Waals surface area contributed by atoms with Gasteiger partial charge in [0.25, 0.3) is 0 Å². The lowest BCUT2D eigenvalue weighted by atomic mass is 10.1. The molecule has 0 aliphatic heterocycles. The van der Waals surface area contributed by atoms with Crippen LogP contribution in [0.25, 0.3) is 10.2 Å². The molecular formula is C12H13ClN2S. The fourth-order valence-corrected chi connectivity index (χ4v) is 3.38. The average molecular weight is 253 g/mol. The molecule has 2 heterocycles. The first-order valence-corrected chi connectivity index (χ1v) is 6.99. The molecule has 1 saturated carbocycles. The fraction of sp³-hybridized carbons (Fsp3) is 0.500. The standard InChI is InChI=1S/C12H13ClN2S/c1-2-3-9-14-11(13)10-8(7-4-5-7)6-16-12(10)15-9/h6-7H,2-5H2,1H3. The number of hydrogen-bond donors (Lipinski definition) is 0. The fourth-order valence-electron chi connectivity index (χ4n) is 1.99. The van der Waals surface area contributed by atoms with Gasteiger partial charge in [0.1, 0.15) is 15.8 Å². The zero-order valence-electron chi connectivity index (χ0n) is 9.16. The monoisotopic (exact) mass is 252 g/mol. The van der Waals surface area contributed by atoms with E-state index in [1.54, 1.807) is 11.3 Å². The minimum atomic E-state index is 0.650. The molecule has 1 aliphatic carbocycles. The number of aromatic nitrogens is 2. The zero-order valence-corrected chi connectivity index (χ0v) is 10.7. The summed E-state index contributed by atoms with van der Waals surface area (Å²) in [6.45, 7) is 2.13. The molecule has 3 rings (SSSR count). The van der Waals surface area contributed by atoms with Gasteiger partial charge in [0, 0.05) is 6.42 Å². The molecule has 0 N–H and O–H groups in total. The van der Waals surface area contributed by atoms with Crippen LogP contribution in [0.1, 0.15) is 43.5 Å². The zero-order chi connectivity index (χ0) is 11.1. The van der Waals surface area contributed by atoms with Gasteiger partial charge in [-0.3, -0.25) is 0 Å². The van der Waals surface area contributed by atoms with Gasteiger partial charge in [-0.2, -0.15) is 0 Å². The molecule has 0 unspecified atom stereocenters. The van der Waals surface area contributed by atoms with Crippen molar-refractivity contribution in [2.45, 2.75) is 38.5 Å². The van der Waals surface area contributed by atoms with Gasteiger partial charge in [0.15, 0.2) is 0 Å². The molecule has 0 atom stereocenters. The highest BCUT2D eigenvalue weighted by molar-refractivity contribution is 7.17. The van der Waals surface area contributed by atoms with Crippen LogP contribution in [0.15, 0.2) is 5.38 Å². The second-order valence-corrected chi connectivity index (χ2v) is 5.54. The van der Waals surface area contributed by atoms with E-state index in [-0.39, 0.29) is 0 Å². The maximum Gasteiger partial charge on any atom is 0.141 e. The van der Waals surface area contributed by atoms with E-state index >= 15 is 0 Å². The highest BCUT2D eigenvalue weighted by Gasteiger charge is 2.28. The third-order valence-electron chi connectivity index (χ3n) is 2.95. The smallest absolute Gasteiger partial charge is 0.141 e. The third-order valence-corrected chi connectivity index (χ3v) is 4.12. The van der Waals surface area contributed by atoms with E-state index in [0.29, 0.717) is 11.1 Å². The van der Waals surface area contributed by atoms with E-state index in [9.17, 15) is 0 Å². The summed E-state index contributed by atoms with van der Waals surface area (Å²) in [7, 11) is 0. The predicted octanol–water partition coefficient (Wildman–Crippen LogP) is 4.17. The third kappa shape index (κ3) is 1.72. The quantitative estimate of drug-likeness (QED) is 0.766. The lowest BCUT2D eigenvalue weighted by Gasteiger charge is -2.01. The van der Waals surface area contributed by atoms with Crippen molar-refractivity contribution < 1.29 is 0 Å². The second kappa shape index (κ2) is 3.97. The number of hydrogen-bond acceptors (Lipinski definition) is 3. The van der Waals surface area contributed by atoms with E-state index in [1.807, 2.05) is 0 Å². The number of rotatable bonds is 3. The van der Waals surface area contributed by atoms with Crippen LogP contribution in [0.3, 0.4) is 0 Å². The number of halogens is 1. The van der Waals surface area contributed by atoms with E-state index in [4.69, 9.17) is 11.6 Å². The van der Waals surface area contributed by atoms with Crippen LogP contribution in [0, 0.1) is 0 Å². The van der Waals surface area contributed by atoms with Crippen molar-refractivity contribution >= 4 is 33.2 Å². The summed E-state index contributed by atoms with van der Waals surface area (Å²) in [5, 5.41) is 3.96. The number of nitrogens with zero attached hydrogens (tertiary/aromatic N) is 2. The topological polar surface area (TPSA) is 25.8 Å². The molecule has 2 aromatic heterocycles. The minimum Gasteiger partial charge on any atom is -0.222 e. The lowest BCUT2D eigenvalue weighted by molar-refractivity contribution is 0.845. The summed E-state index contributed by atoms with van der Waals surface area (Å²) in [6.07, 6.45) is 4.55. The molecule has 0 spiro atoms. The Bertz CT molecular complexity index is 531. The van der Waals surface area contributed by atoms with Gasteiger partial charge in [-0.1, -0.05) is 18.5 Å². The van der Waals surface area contributed by atoms with Crippen LogP contribution in [-0.2, 0) is 6.42 Å². The van der Waals surface area contributed by atoms with Gasteiger partial charge in [0.05, 0.1) is 5.39 Å². The minimum absolute atomic E-state index is 0.650. The average Bonchev–Trinajstić information content (AvgIpc) is 3.00. The van der Waals surface area contributed by atoms with Crippen molar-refractivity contribution in [3.8, 4) is 0 Å². The van der Waals surface area contributed by atoms with E-state index in [0.717, 1.165) is 28.9 Å². The summed E-state index contributed by atoms with van der Waals surface area (Å²) >= 11 is 7.97. The normalized spacial score (nSPS) is 15.9. The first kappa shape index (κ1) is 10.5. The van der Waals surface area contributed by atoms with Gasteiger partial charge in [0.2, 0.25) is 0 Å². The van der Waals surface area contributed by atoms with Crippen LogP contribution in [0.2, 0.25) is 5.15 Å². The van der Waals surface area contributed by atoms with Crippen LogP contribution in [0.5, 0.6) is 0 Å². The Balaban J connectivity index is 2.14. The van der Waals surface area contributed by atoms with Crippen molar-refractivity contribution in [3.63, 3.8) is 0 Å². The van der Waals surface area contributed by atoms with Crippen molar-refractivity contribution in [2.24, 2.45) is 0 Å². The Morgan fingerprint density at radius 2 is 2.25 bits per heavy atom. The molecule has 0 radical (unpaired) electrons. The first-order chi connectivity index (χ1) is 7.79. The molecule has 4 heteroatoms. The van der Waals surface area contributed by atoms with E-state index in [1.165, 1.54) is 18.4 Å². The molecule has 2 nitrogen and oxygen atoms in total. The van der Waals surface area contributed by atoms with Crippen molar-refractivity contribution in [1.82, 2.24) is 9.97 Å². The molecular weight excluding hydrogens is 240 g/mol. The van der Waals surface area contributed by atoms with Gasteiger partial charge < -0.3 is 0 Å². The molecule has 84 valence electrons. The lowest BCUT2D eigenvalue weighted by Crippen LogP contribution is -1.95. The van der Waals surface area contributed by atoms with Crippen LogP contribution in [-0.4, -0.2) is 9.97 Å². The Morgan fingerprint density at radius 3 is 2.94 bits per heavy atom. The molecule has 0 amide bonds. The van der Waals surface area contributed by atoms with Gasteiger partial charge in [-0.25, -0.2) is 9.97 Å². The van der Waals surface area contributed by atoms with E-state index in [2.05, 4.69) is 22.3 Å². The molecule has 2 aromatic rings. The summed E-state index contributed by atoms with van der Waals surface area (Å²) in [4.78, 5) is 10.0. The molecule has 1 aliphatic rings. The second-order valence-electron chi connectivity index (χ2n) is 4.33. The Labute approximate surface area is 104 Å². The highest BCUT2D eigenvalue weighted by atomic mass is 35.5. The van der Waals surface area contributed by atoms with Crippen LogP contribution in [0.4, 0.5) is 0 Å². The van der Waals surface area contributed by atoms with Crippen LogP contribution >= 0.6 is 22.9 Å². The van der Waals surface area contributed by atoms with Crippen LogP contribution < -0.4 is 0 Å². The van der Waals surface area contributed by atoms with Gasteiger partial charge in [-0.15, -0.1) is 11.3 Å². The molecule has 16 heavy (non-hydrogen) atoms. The Morgan fingerprint density at radius 1 is 1.44 bits per heavy atom.